The lowest BCUT2D eigenvalue weighted by Crippen LogP contribution is -2.26. The molecule has 0 aliphatic carbocycles. The summed E-state index contributed by atoms with van der Waals surface area (Å²) in [6, 6.07) is 10.9. The lowest BCUT2D eigenvalue weighted by atomic mass is 9.99. The van der Waals surface area contributed by atoms with E-state index >= 15 is 0 Å². The summed E-state index contributed by atoms with van der Waals surface area (Å²) in [5.74, 6) is 0.676. The number of benzene rings is 1. The first-order chi connectivity index (χ1) is 8.81. The highest BCUT2D eigenvalue weighted by Gasteiger charge is 2.24. The molecule has 0 N–H and O–H groups in total. The second kappa shape index (κ2) is 6.89. The molecule has 0 aromatic heterocycles. The van der Waals surface area contributed by atoms with Crippen molar-refractivity contribution in [3.05, 3.63) is 35.9 Å². The van der Waals surface area contributed by atoms with E-state index in [9.17, 15) is 0 Å². The van der Waals surface area contributed by atoms with Gasteiger partial charge in [0.15, 0.2) is 0 Å². The predicted octanol–water partition coefficient (Wildman–Crippen LogP) is 4.38. The molecule has 1 aliphatic rings. The minimum Gasteiger partial charge on any atom is -0.366 e. The first-order valence-corrected chi connectivity index (χ1v) is 7.54. The number of rotatable bonds is 5. The van der Waals surface area contributed by atoms with Crippen LogP contribution in [0.1, 0.15) is 50.5 Å². The number of hydrogen-bond donors (Lipinski definition) is 0. The monoisotopic (exact) mass is 261 g/mol. The molecule has 1 nitrogen and oxygen atoms in total. The summed E-state index contributed by atoms with van der Waals surface area (Å²) in [6.45, 7) is 4.50. The fourth-order valence-corrected chi connectivity index (χ4v) is 2.98. The quantitative estimate of drug-likeness (QED) is 0.571. The molecule has 1 aliphatic heterocycles. The van der Waals surface area contributed by atoms with Crippen LogP contribution in [0.4, 0.5) is 0 Å². The van der Waals surface area contributed by atoms with Crippen molar-refractivity contribution in [2.24, 2.45) is 0 Å². The van der Waals surface area contributed by atoms with Crippen molar-refractivity contribution >= 4 is 17.2 Å². The van der Waals surface area contributed by atoms with Crippen molar-refractivity contribution in [1.29, 1.82) is 0 Å². The Kier molecular flexibility index (Phi) is 5.18. The number of likely N-dealkylation sites (tertiary alicyclic amines) is 1. The number of nitrogens with zero attached hydrogens (tertiary/aromatic N) is 1. The van der Waals surface area contributed by atoms with Crippen LogP contribution in [0, 0.1) is 0 Å². The van der Waals surface area contributed by atoms with E-state index in [2.05, 4.69) is 42.2 Å². The highest BCUT2D eigenvalue weighted by molar-refractivity contribution is 7.80. The Morgan fingerprint density at radius 3 is 2.78 bits per heavy atom. The average molecular weight is 261 g/mol. The molecule has 1 aromatic rings. The molecule has 1 atom stereocenters. The summed E-state index contributed by atoms with van der Waals surface area (Å²) >= 11 is 5.56. The van der Waals surface area contributed by atoms with Gasteiger partial charge in [-0.1, -0.05) is 62.3 Å². The van der Waals surface area contributed by atoms with E-state index in [1.165, 1.54) is 36.2 Å². The lowest BCUT2D eigenvalue weighted by molar-refractivity contribution is 0.504. The highest BCUT2D eigenvalue weighted by Crippen LogP contribution is 2.27. The third kappa shape index (κ3) is 3.55. The maximum atomic E-state index is 5.56. The van der Waals surface area contributed by atoms with Crippen molar-refractivity contribution in [2.75, 3.05) is 13.1 Å². The van der Waals surface area contributed by atoms with E-state index in [1.54, 1.807) is 0 Å². The summed E-state index contributed by atoms with van der Waals surface area (Å²) in [6.07, 6.45) is 6.18. The first kappa shape index (κ1) is 13.5. The predicted molar refractivity (Wildman–Crippen MR) is 82.1 cm³/mol. The molecular weight excluding hydrogens is 238 g/mol. The van der Waals surface area contributed by atoms with Gasteiger partial charge >= 0.3 is 0 Å². The largest absolute Gasteiger partial charge is 0.366 e. The summed E-state index contributed by atoms with van der Waals surface area (Å²) in [7, 11) is 0. The summed E-state index contributed by atoms with van der Waals surface area (Å²) < 4.78 is 0. The fourth-order valence-electron chi connectivity index (χ4n) is 2.67. The van der Waals surface area contributed by atoms with Crippen molar-refractivity contribution < 1.29 is 0 Å². The zero-order valence-corrected chi connectivity index (χ0v) is 12.1. The summed E-state index contributed by atoms with van der Waals surface area (Å²) in [5, 5.41) is 0. The Hall–Kier alpha value is -0.890. The third-order valence-electron chi connectivity index (χ3n) is 3.81. The Morgan fingerprint density at radius 1 is 1.28 bits per heavy atom. The first-order valence-electron chi connectivity index (χ1n) is 7.14. The molecule has 0 saturated carbocycles. The SMILES string of the molecule is CCCCCC(=S)N1CCC(c2ccccc2)C1. The van der Waals surface area contributed by atoms with E-state index in [0.717, 1.165) is 19.5 Å². The molecule has 98 valence electrons. The van der Waals surface area contributed by atoms with Gasteiger partial charge in [0.25, 0.3) is 0 Å². The Labute approximate surface area is 116 Å². The molecular formula is C16H23NS. The van der Waals surface area contributed by atoms with Crippen LogP contribution in [-0.2, 0) is 0 Å². The van der Waals surface area contributed by atoms with Crippen LogP contribution < -0.4 is 0 Å². The molecule has 1 saturated heterocycles. The molecule has 2 rings (SSSR count). The lowest BCUT2D eigenvalue weighted by Gasteiger charge is -2.19. The number of unbranched alkanes of at least 4 members (excludes halogenated alkanes) is 2. The molecule has 1 heterocycles. The Morgan fingerprint density at radius 2 is 2.06 bits per heavy atom. The summed E-state index contributed by atoms with van der Waals surface area (Å²) in [5.41, 5.74) is 1.47. The molecule has 2 heteroatoms. The Bertz CT molecular complexity index is 374. The van der Waals surface area contributed by atoms with Gasteiger partial charge in [0.2, 0.25) is 0 Å². The van der Waals surface area contributed by atoms with Gasteiger partial charge in [0.05, 0.1) is 4.99 Å². The van der Waals surface area contributed by atoms with Crippen molar-refractivity contribution in [3.8, 4) is 0 Å². The minimum atomic E-state index is 0.676. The molecule has 0 amide bonds. The maximum absolute atomic E-state index is 5.56. The number of hydrogen-bond acceptors (Lipinski definition) is 1. The molecule has 0 spiro atoms. The topological polar surface area (TPSA) is 3.24 Å². The zero-order valence-electron chi connectivity index (χ0n) is 11.3. The second-order valence-corrected chi connectivity index (χ2v) is 5.66. The maximum Gasteiger partial charge on any atom is 0.0779 e. The van der Waals surface area contributed by atoms with E-state index in [0.29, 0.717) is 5.92 Å². The van der Waals surface area contributed by atoms with Crippen LogP contribution in [-0.4, -0.2) is 23.0 Å². The molecule has 0 bridgehead atoms. The standard InChI is InChI=1S/C16H23NS/c1-2-3-5-10-16(18)17-12-11-15(13-17)14-8-6-4-7-9-14/h4,6-9,15H,2-3,5,10-13H2,1H3. The van der Waals surface area contributed by atoms with Gasteiger partial charge in [-0.15, -0.1) is 0 Å². The van der Waals surface area contributed by atoms with E-state index < -0.39 is 0 Å². The zero-order chi connectivity index (χ0) is 12.8. The van der Waals surface area contributed by atoms with Gasteiger partial charge in [-0.05, 0) is 24.8 Å². The van der Waals surface area contributed by atoms with Crippen LogP contribution in [0.5, 0.6) is 0 Å². The van der Waals surface area contributed by atoms with E-state index in [1.807, 2.05) is 0 Å². The summed E-state index contributed by atoms with van der Waals surface area (Å²) in [4.78, 5) is 3.60. The van der Waals surface area contributed by atoms with Crippen molar-refractivity contribution in [1.82, 2.24) is 4.90 Å². The smallest absolute Gasteiger partial charge is 0.0779 e. The Balaban J connectivity index is 1.83. The van der Waals surface area contributed by atoms with Gasteiger partial charge in [-0.3, -0.25) is 0 Å². The third-order valence-corrected chi connectivity index (χ3v) is 4.27. The average Bonchev–Trinajstić information content (AvgIpc) is 2.89. The normalized spacial score (nSPS) is 19.2. The van der Waals surface area contributed by atoms with Gasteiger partial charge < -0.3 is 4.90 Å². The molecule has 1 fully saturated rings. The molecule has 1 aromatic carbocycles. The van der Waals surface area contributed by atoms with Crippen LogP contribution in [0.3, 0.4) is 0 Å². The van der Waals surface area contributed by atoms with Crippen LogP contribution in [0.15, 0.2) is 30.3 Å². The second-order valence-electron chi connectivity index (χ2n) is 5.19. The van der Waals surface area contributed by atoms with E-state index in [4.69, 9.17) is 12.2 Å². The van der Waals surface area contributed by atoms with Gasteiger partial charge in [0.1, 0.15) is 0 Å². The van der Waals surface area contributed by atoms with Gasteiger partial charge in [0, 0.05) is 19.0 Å². The minimum absolute atomic E-state index is 0.676. The molecule has 18 heavy (non-hydrogen) atoms. The van der Waals surface area contributed by atoms with Crippen molar-refractivity contribution in [2.45, 2.75) is 44.9 Å². The van der Waals surface area contributed by atoms with Crippen LogP contribution >= 0.6 is 12.2 Å². The molecule has 0 radical (unpaired) electrons. The van der Waals surface area contributed by atoms with Crippen LogP contribution in [0.2, 0.25) is 0 Å². The van der Waals surface area contributed by atoms with Gasteiger partial charge in [-0.2, -0.15) is 0 Å². The van der Waals surface area contributed by atoms with Crippen molar-refractivity contribution in [3.63, 3.8) is 0 Å². The van der Waals surface area contributed by atoms with Crippen LogP contribution in [0.25, 0.3) is 0 Å². The highest BCUT2D eigenvalue weighted by atomic mass is 32.1. The fraction of sp³-hybridized carbons (Fsp3) is 0.562. The molecule has 1 unspecified atom stereocenters. The van der Waals surface area contributed by atoms with E-state index in [-0.39, 0.29) is 0 Å². The van der Waals surface area contributed by atoms with Gasteiger partial charge in [-0.25, -0.2) is 0 Å². The number of thiocarbonyl (C=S) groups is 1.